The molecule has 0 aliphatic carbocycles. The topological polar surface area (TPSA) is 41.6 Å². The van der Waals surface area contributed by atoms with E-state index in [-0.39, 0.29) is 5.97 Å². The van der Waals surface area contributed by atoms with E-state index in [0.29, 0.717) is 17.2 Å². The second kappa shape index (κ2) is 6.75. The normalized spacial score (nSPS) is 13.5. The lowest BCUT2D eigenvalue weighted by molar-refractivity contribution is 0.0526. The molecule has 0 atom stereocenters. The van der Waals surface area contributed by atoms with Gasteiger partial charge in [0.1, 0.15) is 0 Å². The SMILES string of the molecule is CCOC(=O)c1ccc(N2CC=C(c3ccccc3Cl)N2)cc1. The number of anilines is 1. The van der Waals surface area contributed by atoms with Crippen molar-refractivity contribution in [1.29, 1.82) is 0 Å². The summed E-state index contributed by atoms with van der Waals surface area (Å²) in [4.78, 5) is 11.7. The highest BCUT2D eigenvalue weighted by Gasteiger charge is 2.17. The molecular weight excluding hydrogens is 312 g/mol. The Morgan fingerprint density at radius 1 is 1.22 bits per heavy atom. The number of benzene rings is 2. The summed E-state index contributed by atoms with van der Waals surface area (Å²) in [6, 6.07) is 15.0. The zero-order valence-corrected chi connectivity index (χ0v) is 13.5. The molecule has 2 aromatic carbocycles. The van der Waals surface area contributed by atoms with Crippen molar-refractivity contribution in [3.8, 4) is 0 Å². The molecule has 23 heavy (non-hydrogen) atoms. The summed E-state index contributed by atoms with van der Waals surface area (Å²) in [6.07, 6.45) is 2.08. The number of carbonyl (C=O) groups excluding carboxylic acids is 1. The van der Waals surface area contributed by atoms with Gasteiger partial charge >= 0.3 is 5.97 Å². The molecule has 0 aromatic heterocycles. The van der Waals surface area contributed by atoms with Gasteiger partial charge < -0.3 is 4.74 Å². The standard InChI is InChI=1S/C18H17ClN2O2/c1-2-23-18(22)13-7-9-14(10-8-13)21-12-11-17(20-21)15-5-3-4-6-16(15)19/h3-11,20H,2,12H2,1H3. The zero-order chi connectivity index (χ0) is 16.2. The minimum absolute atomic E-state index is 0.302. The molecule has 1 aliphatic heterocycles. The van der Waals surface area contributed by atoms with E-state index in [0.717, 1.165) is 23.5 Å². The predicted octanol–water partition coefficient (Wildman–Crippen LogP) is 3.88. The van der Waals surface area contributed by atoms with Crippen molar-refractivity contribution in [2.24, 2.45) is 0 Å². The van der Waals surface area contributed by atoms with E-state index in [4.69, 9.17) is 16.3 Å². The molecule has 0 unspecified atom stereocenters. The molecule has 3 rings (SSSR count). The number of nitrogens with zero attached hydrogens (tertiary/aromatic N) is 1. The van der Waals surface area contributed by atoms with E-state index in [1.165, 1.54) is 0 Å². The van der Waals surface area contributed by atoms with Gasteiger partial charge in [-0.25, -0.2) is 4.79 Å². The summed E-state index contributed by atoms with van der Waals surface area (Å²) in [5.41, 5.74) is 6.80. The summed E-state index contributed by atoms with van der Waals surface area (Å²) in [5, 5.41) is 2.71. The van der Waals surface area contributed by atoms with Crippen LogP contribution in [0.4, 0.5) is 5.69 Å². The molecule has 1 aliphatic rings. The Labute approximate surface area is 140 Å². The number of hydrogen-bond acceptors (Lipinski definition) is 4. The van der Waals surface area contributed by atoms with E-state index in [1.807, 2.05) is 41.4 Å². The molecule has 2 aromatic rings. The van der Waals surface area contributed by atoms with Crippen LogP contribution in [0.25, 0.3) is 5.70 Å². The van der Waals surface area contributed by atoms with Gasteiger partial charge in [-0.3, -0.25) is 10.4 Å². The van der Waals surface area contributed by atoms with E-state index >= 15 is 0 Å². The molecule has 0 amide bonds. The molecule has 0 radical (unpaired) electrons. The molecule has 1 N–H and O–H groups in total. The Balaban J connectivity index is 1.71. The fourth-order valence-electron chi connectivity index (χ4n) is 2.43. The Bertz CT molecular complexity index is 741. The van der Waals surface area contributed by atoms with Gasteiger partial charge in [0.25, 0.3) is 0 Å². The van der Waals surface area contributed by atoms with Crippen molar-refractivity contribution in [2.75, 3.05) is 18.2 Å². The van der Waals surface area contributed by atoms with Crippen LogP contribution in [-0.4, -0.2) is 19.1 Å². The van der Waals surface area contributed by atoms with Gasteiger partial charge in [-0.05, 0) is 43.3 Å². The largest absolute Gasteiger partial charge is 0.462 e. The number of halogens is 1. The highest BCUT2D eigenvalue weighted by atomic mass is 35.5. The Morgan fingerprint density at radius 3 is 2.65 bits per heavy atom. The number of hydrazine groups is 1. The van der Waals surface area contributed by atoms with Gasteiger partial charge in [-0.15, -0.1) is 0 Å². The molecule has 118 valence electrons. The number of nitrogens with one attached hydrogen (secondary N) is 1. The Hall–Kier alpha value is -2.46. The van der Waals surface area contributed by atoms with Gasteiger partial charge in [-0.1, -0.05) is 29.8 Å². The van der Waals surface area contributed by atoms with E-state index in [2.05, 4.69) is 11.5 Å². The van der Waals surface area contributed by atoms with Crippen LogP contribution in [0.5, 0.6) is 0 Å². The maximum Gasteiger partial charge on any atom is 0.338 e. The second-order valence-corrected chi connectivity index (χ2v) is 5.49. The lowest BCUT2D eigenvalue weighted by atomic mass is 10.1. The highest BCUT2D eigenvalue weighted by Crippen LogP contribution is 2.26. The third-order valence-corrected chi connectivity index (χ3v) is 3.92. The van der Waals surface area contributed by atoms with E-state index in [9.17, 15) is 4.79 Å². The van der Waals surface area contributed by atoms with Gasteiger partial charge in [-0.2, -0.15) is 0 Å². The van der Waals surface area contributed by atoms with E-state index in [1.54, 1.807) is 19.1 Å². The number of esters is 1. The Kier molecular flexibility index (Phi) is 4.53. The van der Waals surface area contributed by atoms with Crippen LogP contribution in [0.3, 0.4) is 0 Å². The molecule has 0 saturated carbocycles. The lowest BCUT2D eigenvalue weighted by Gasteiger charge is -2.21. The second-order valence-electron chi connectivity index (χ2n) is 5.09. The molecule has 4 nitrogen and oxygen atoms in total. The molecular formula is C18H17ClN2O2. The molecule has 0 fully saturated rings. The summed E-state index contributed by atoms with van der Waals surface area (Å²) in [5.74, 6) is -0.302. The fourth-order valence-corrected chi connectivity index (χ4v) is 2.67. The van der Waals surface area contributed by atoms with E-state index < -0.39 is 0 Å². The van der Waals surface area contributed by atoms with Crippen molar-refractivity contribution in [3.63, 3.8) is 0 Å². The molecule has 0 saturated heterocycles. The predicted molar refractivity (Wildman–Crippen MR) is 92.3 cm³/mol. The van der Waals surface area contributed by atoms with Gasteiger partial charge in [0.2, 0.25) is 0 Å². The molecule has 1 heterocycles. The minimum Gasteiger partial charge on any atom is -0.462 e. The number of rotatable bonds is 4. The first-order valence-electron chi connectivity index (χ1n) is 7.45. The molecule has 5 heteroatoms. The lowest BCUT2D eigenvalue weighted by Crippen LogP contribution is -2.31. The maximum atomic E-state index is 11.7. The quantitative estimate of drug-likeness (QED) is 0.865. The van der Waals surface area contributed by atoms with Crippen molar-refractivity contribution in [1.82, 2.24) is 5.43 Å². The van der Waals surface area contributed by atoms with Crippen molar-refractivity contribution in [2.45, 2.75) is 6.92 Å². The number of ether oxygens (including phenoxy) is 1. The third-order valence-electron chi connectivity index (χ3n) is 3.59. The van der Waals surface area contributed by atoms with Crippen LogP contribution >= 0.6 is 11.6 Å². The summed E-state index contributed by atoms with van der Waals surface area (Å²) in [6.45, 7) is 2.89. The average Bonchev–Trinajstić information content (AvgIpc) is 3.05. The van der Waals surface area contributed by atoms with Gasteiger partial charge in [0, 0.05) is 10.6 Å². The van der Waals surface area contributed by atoms with Crippen LogP contribution in [0, 0.1) is 0 Å². The zero-order valence-electron chi connectivity index (χ0n) is 12.8. The van der Waals surface area contributed by atoms with Gasteiger partial charge in [0.15, 0.2) is 0 Å². The first-order chi connectivity index (χ1) is 11.2. The highest BCUT2D eigenvalue weighted by molar-refractivity contribution is 6.32. The first kappa shape index (κ1) is 15.4. The number of carbonyl (C=O) groups is 1. The number of hydrogen-bond donors (Lipinski definition) is 1. The summed E-state index contributed by atoms with van der Waals surface area (Å²) >= 11 is 6.23. The monoisotopic (exact) mass is 328 g/mol. The summed E-state index contributed by atoms with van der Waals surface area (Å²) in [7, 11) is 0. The first-order valence-corrected chi connectivity index (χ1v) is 7.83. The smallest absolute Gasteiger partial charge is 0.338 e. The van der Waals surface area contributed by atoms with Crippen LogP contribution in [0.1, 0.15) is 22.8 Å². The molecule has 0 bridgehead atoms. The van der Waals surface area contributed by atoms with Crippen molar-refractivity contribution in [3.05, 3.63) is 70.8 Å². The molecule has 0 spiro atoms. The Morgan fingerprint density at radius 2 is 1.96 bits per heavy atom. The van der Waals surface area contributed by atoms with Crippen LogP contribution in [0.2, 0.25) is 5.02 Å². The maximum absolute atomic E-state index is 11.7. The van der Waals surface area contributed by atoms with Crippen LogP contribution in [0.15, 0.2) is 54.6 Å². The van der Waals surface area contributed by atoms with Crippen LogP contribution < -0.4 is 10.4 Å². The van der Waals surface area contributed by atoms with Crippen LogP contribution in [-0.2, 0) is 4.74 Å². The summed E-state index contributed by atoms with van der Waals surface area (Å²) < 4.78 is 4.99. The average molecular weight is 329 g/mol. The third kappa shape index (κ3) is 3.32. The minimum atomic E-state index is -0.302. The van der Waals surface area contributed by atoms with Gasteiger partial charge in [0.05, 0.1) is 30.1 Å². The fraction of sp³-hybridized carbons (Fsp3) is 0.167. The van der Waals surface area contributed by atoms with Crippen molar-refractivity contribution >= 4 is 29.0 Å². The van der Waals surface area contributed by atoms with Crippen molar-refractivity contribution < 1.29 is 9.53 Å².